The molecule has 114 valence electrons. The molecule has 0 bridgehead atoms. The van der Waals surface area contributed by atoms with E-state index in [2.05, 4.69) is 0 Å². The van der Waals surface area contributed by atoms with Gasteiger partial charge in [0.2, 0.25) is 11.8 Å². The third-order valence-corrected chi connectivity index (χ3v) is 2.47. The third-order valence-electron chi connectivity index (χ3n) is 2.47. The largest absolute Gasteiger partial charge is 0.409 e. The number of nitrogens with zero attached hydrogens (tertiary/aromatic N) is 1. The molecule has 9 heteroatoms. The SMILES string of the molecule is N#Cc1ccc(CNC(=O)C(C(F)(F)F)C(F)(F)F)cc1. The van der Waals surface area contributed by atoms with Gasteiger partial charge in [-0.05, 0) is 17.7 Å². The highest BCUT2D eigenvalue weighted by molar-refractivity contribution is 5.80. The molecule has 0 saturated heterocycles. The lowest BCUT2D eigenvalue weighted by Crippen LogP contribution is -2.47. The number of alkyl halides is 6. The summed E-state index contributed by atoms with van der Waals surface area (Å²) >= 11 is 0. The summed E-state index contributed by atoms with van der Waals surface area (Å²) in [6.07, 6.45) is -11.4. The lowest BCUT2D eigenvalue weighted by atomic mass is 10.1. The van der Waals surface area contributed by atoms with Gasteiger partial charge in [-0.15, -0.1) is 0 Å². The average molecular weight is 310 g/mol. The molecule has 21 heavy (non-hydrogen) atoms. The van der Waals surface area contributed by atoms with Gasteiger partial charge in [-0.2, -0.15) is 31.6 Å². The lowest BCUT2D eigenvalue weighted by molar-refractivity contribution is -0.274. The van der Waals surface area contributed by atoms with Crippen molar-refractivity contribution >= 4 is 5.91 Å². The maximum atomic E-state index is 12.3. The van der Waals surface area contributed by atoms with Crippen molar-refractivity contribution in [2.75, 3.05) is 0 Å². The molecule has 3 nitrogen and oxygen atoms in total. The van der Waals surface area contributed by atoms with E-state index in [1.165, 1.54) is 24.3 Å². The molecule has 0 aliphatic carbocycles. The van der Waals surface area contributed by atoms with Crippen molar-refractivity contribution in [1.82, 2.24) is 5.32 Å². The summed E-state index contributed by atoms with van der Waals surface area (Å²) in [7, 11) is 0. The van der Waals surface area contributed by atoms with Crippen LogP contribution < -0.4 is 5.32 Å². The molecule has 1 aromatic carbocycles. The third kappa shape index (κ3) is 4.66. The highest BCUT2D eigenvalue weighted by Gasteiger charge is 2.60. The van der Waals surface area contributed by atoms with Gasteiger partial charge in [0.1, 0.15) is 0 Å². The molecule has 0 atom stereocenters. The molecule has 1 N–H and O–H groups in total. The molecule has 1 rings (SSSR count). The minimum Gasteiger partial charge on any atom is -0.351 e. The van der Waals surface area contributed by atoms with Crippen LogP contribution in [-0.2, 0) is 11.3 Å². The second kappa shape index (κ2) is 6.03. The zero-order valence-corrected chi connectivity index (χ0v) is 10.2. The van der Waals surface area contributed by atoms with Gasteiger partial charge in [0.25, 0.3) is 0 Å². The first kappa shape index (κ1) is 16.8. The fraction of sp³-hybridized carbons (Fsp3) is 0.333. The van der Waals surface area contributed by atoms with Crippen molar-refractivity contribution in [3.63, 3.8) is 0 Å². The maximum absolute atomic E-state index is 12.3. The number of nitriles is 1. The Hall–Kier alpha value is -2.24. The summed E-state index contributed by atoms with van der Waals surface area (Å²) in [5, 5.41) is 10.1. The predicted molar refractivity (Wildman–Crippen MR) is 58.6 cm³/mol. The van der Waals surface area contributed by atoms with Gasteiger partial charge in [0.05, 0.1) is 11.6 Å². The average Bonchev–Trinajstić information content (AvgIpc) is 2.33. The van der Waals surface area contributed by atoms with Crippen LogP contribution in [0.15, 0.2) is 24.3 Å². The Kier molecular flexibility index (Phi) is 4.83. The summed E-state index contributed by atoms with van der Waals surface area (Å²) in [6.45, 7) is -0.507. The molecule has 0 aliphatic heterocycles. The van der Waals surface area contributed by atoms with Crippen LogP contribution in [0.5, 0.6) is 0 Å². The van der Waals surface area contributed by atoms with Gasteiger partial charge >= 0.3 is 12.4 Å². The number of nitrogens with one attached hydrogen (secondary N) is 1. The Morgan fingerprint density at radius 2 is 1.57 bits per heavy atom. The van der Waals surface area contributed by atoms with E-state index in [0.29, 0.717) is 0 Å². The monoisotopic (exact) mass is 310 g/mol. The zero-order valence-electron chi connectivity index (χ0n) is 10.2. The van der Waals surface area contributed by atoms with Gasteiger partial charge in [-0.3, -0.25) is 4.79 Å². The molecule has 0 fully saturated rings. The molecule has 0 aliphatic rings. The molecular weight excluding hydrogens is 302 g/mol. The smallest absolute Gasteiger partial charge is 0.351 e. The number of halogens is 6. The molecule has 0 unspecified atom stereocenters. The minimum atomic E-state index is -5.72. The van der Waals surface area contributed by atoms with E-state index in [4.69, 9.17) is 5.26 Å². The normalized spacial score (nSPS) is 12.1. The van der Waals surface area contributed by atoms with E-state index in [-0.39, 0.29) is 11.1 Å². The van der Waals surface area contributed by atoms with Crippen molar-refractivity contribution in [3.05, 3.63) is 35.4 Å². The van der Waals surface area contributed by atoms with Crippen molar-refractivity contribution in [2.24, 2.45) is 5.92 Å². The van der Waals surface area contributed by atoms with Crippen molar-refractivity contribution in [1.29, 1.82) is 5.26 Å². The first-order chi connectivity index (χ1) is 9.55. The van der Waals surface area contributed by atoms with Crippen molar-refractivity contribution in [2.45, 2.75) is 18.9 Å². The van der Waals surface area contributed by atoms with Crippen LogP contribution >= 0.6 is 0 Å². The van der Waals surface area contributed by atoms with Gasteiger partial charge in [-0.1, -0.05) is 12.1 Å². The first-order valence-electron chi connectivity index (χ1n) is 5.46. The number of benzene rings is 1. The van der Waals surface area contributed by atoms with E-state index >= 15 is 0 Å². The molecule has 0 heterocycles. The fourth-order valence-corrected chi connectivity index (χ4v) is 1.47. The number of rotatable bonds is 3. The quantitative estimate of drug-likeness (QED) is 0.873. The zero-order chi connectivity index (χ0) is 16.3. The molecular formula is C12H8F6N2O. The first-order valence-corrected chi connectivity index (χ1v) is 5.46. The molecule has 0 saturated carbocycles. The molecule has 1 aromatic rings. The molecule has 0 aromatic heterocycles. The second-order valence-electron chi connectivity index (χ2n) is 4.04. The maximum Gasteiger partial charge on any atom is 0.409 e. The van der Waals surface area contributed by atoms with Crippen LogP contribution in [0.3, 0.4) is 0 Å². The van der Waals surface area contributed by atoms with Gasteiger partial charge in [0.15, 0.2) is 0 Å². The van der Waals surface area contributed by atoms with E-state index in [1.54, 1.807) is 11.4 Å². The molecule has 1 amide bonds. The minimum absolute atomic E-state index is 0.269. The number of hydrogen-bond donors (Lipinski definition) is 1. The Balaban J connectivity index is 2.77. The number of carbonyl (C=O) groups excluding carboxylic acids is 1. The summed E-state index contributed by atoms with van der Waals surface area (Å²) in [4.78, 5) is 11.1. The van der Waals surface area contributed by atoms with Crippen molar-refractivity contribution < 1.29 is 31.1 Å². The van der Waals surface area contributed by atoms with Crippen LogP contribution in [0, 0.1) is 17.2 Å². The van der Waals surface area contributed by atoms with Gasteiger partial charge < -0.3 is 5.32 Å². The molecule has 0 spiro atoms. The van der Waals surface area contributed by atoms with Crippen LogP contribution in [0.4, 0.5) is 26.3 Å². The van der Waals surface area contributed by atoms with E-state index in [0.717, 1.165) is 0 Å². The Morgan fingerprint density at radius 1 is 1.10 bits per heavy atom. The van der Waals surface area contributed by atoms with Crippen LogP contribution in [0.1, 0.15) is 11.1 Å². The Morgan fingerprint density at radius 3 is 1.95 bits per heavy atom. The summed E-state index contributed by atoms with van der Waals surface area (Å²) in [6, 6.07) is 7.07. The highest BCUT2D eigenvalue weighted by Crippen LogP contribution is 2.39. The van der Waals surface area contributed by atoms with Crippen LogP contribution in [0.2, 0.25) is 0 Å². The fourth-order valence-electron chi connectivity index (χ4n) is 1.47. The summed E-state index contributed by atoms with van der Waals surface area (Å²) in [5.74, 6) is -6.23. The summed E-state index contributed by atoms with van der Waals surface area (Å²) < 4.78 is 73.6. The van der Waals surface area contributed by atoms with E-state index < -0.39 is 30.7 Å². The predicted octanol–water partition coefficient (Wildman–Crippen LogP) is 2.92. The summed E-state index contributed by atoms with van der Waals surface area (Å²) in [5.41, 5.74) is 0.541. The topological polar surface area (TPSA) is 52.9 Å². The number of carbonyl (C=O) groups is 1. The van der Waals surface area contributed by atoms with Gasteiger partial charge in [-0.25, -0.2) is 0 Å². The van der Waals surface area contributed by atoms with Crippen LogP contribution in [0.25, 0.3) is 0 Å². The van der Waals surface area contributed by atoms with Crippen LogP contribution in [-0.4, -0.2) is 18.3 Å². The number of amides is 1. The van der Waals surface area contributed by atoms with E-state index in [1.807, 2.05) is 0 Å². The Bertz CT molecular complexity index is 527. The lowest BCUT2D eigenvalue weighted by Gasteiger charge is -2.22. The number of hydrogen-bond acceptors (Lipinski definition) is 2. The van der Waals surface area contributed by atoms with E-state index in [9.17, 15) is 31.1 Å². The standard InChI is InChI=1S/C12H8F6N2O/c13-11(14,15)9(12(16,17)18)10(21)20-6-8-3-1-7(5-19)2-4-8/h1-4,9H,6H2,(H,20,21). The second-order valence-corrected chi connectivity index (χ2v) is 4.04. The van der Waals surface area contributed by atoms with Crippen molar-refractivity contribution in [3.8, 4) is 6.07 Å². The Labute approximate surface area is 115 Å². The highest BCUT2D eigenvalue weighted by atomic mass is 19.4. The molecule has 0 radical (unpaired) electrons. The van der Waals surface area contributed by atoms with Gasteiger partial charge in [0, 0.05) is 6.54 Å².